The second-order valence-corrected chi connectivity index (χ2v) is 6.05. The summed E-state index contributed by atoms with van der Waals surface area (Å²) in [6, 6.07) is 3.26. The molecule has 1 rings (SSSR count). The van der Waals surface area contributed by atoms with E-state index in [4.69, 9.17) is 9.88 Å². The van der Waals surface area contributed by atoms with Crippen molar-refractivity contribution in [3.63, 3.8) is 0 Å². The van der Waals surface area contributed by atoms with Crippen molar-refractivity contribution in [2.75, 3.05) is 13.7 Å². The fourth-order valence-corrected chi connectivity index (χ4v) is 3.01. The largest absolute Gasteiger partial charge is 0.494 e. The van der Waals surface area contributed by atoms with Crippen LogP contribution in [0.3, 0.4) is 0 Å². The Morgan fingerprint density at radius 1 is 1.30 bits per heavy atom. The van der Waals surface area contributed by atoms with E-state index in [9.17, 15) is 13.2 Å². The Kier molecular flexibility index (Phi) is 5.52. The van der Waals surface area contributed by atoms with E-state index in [0.29, 0.717) is 36.3 Å². The summed E-state index contributed by atoms with van der Waals surface area (Å²) in [5.74, 6) is 0.537. The van der Waals surface area contributed by atoms with Gasteiger partial charge in [0.2, 0.25) is 15.9 Å². The number of benzene rings is 1. The standard InChI is InChI=1S/C13H20N2O4S/c1-9-7-11(19-6-4-5-12(16)15-3)8-10(2)13(9)20(14,17)18/h7-8H,4-6H2,1-3H3,(H,15,16)(H2,14,17,18). The molecule has 0 spiro atoms. The third-order valence-corrected chi connectivity index (χ3v) is 4.03. The summed E-state index contributed by atoms with van der Waals surface area (Å²) in [6.07, 6.45) is 0.985. The Bertz CT molecular complexity index is 573. The minimum absolute atomic E-state index is 0.0365. The lowest BCUT2D eigenvalue weighted by Gasteiger charge is -2.12. The summed E-state index contributed by atoms with van der Waals surface area (Å²) in [5, 5.41) is 7.70. The number of ether oxygens (including phenoxy) is 1. The third kappa shape index (κ3) is 4.50. The lowest BCUT2D eigenvalue weighted by atomic mass is 10.1. The molecular weight excluding hydrogens is 280 g/mol. The summed E-state index contributed by atoms with van der Waals surface area (Å²) >= 11 is 0. The monoisotopic (exact) mass is 300 g/mol. The van der Waals surface area contributed by atoms with Gasteiger partial charge in [-0.1, -0.05) is 0 Å². The van der Waals surface area contributed by atoms with Crippen molar-refractivity contribution in [3.8, 4) is 5.75 Å². The second-order valence-electron chi connectivity index (χ2n) is 4.56. The molecule has 0 fully saturated rings. The number of amides is 1. The summed E-state index contributed by atoms with van der Waals surface area (Å²) in [7, 11) is -2.14. The molecular formula is C13H20N2O4S. The van der Waals surface area contributed by atoms with E-state index in [1.54, 1.807) is 33.0 Å². The predicted molar refractivity (Wildman–Crippen MR) is 76.1 cm³/mol. The molecule has 0 aliphatic carbocycles. The van der Waals surface area contributed by atoms with Gasteiger partial charge in [-0.3, -0.25) is 4.79 Å². The molecule has 0 saturated heterocycles. The number of nitrogens with one attached hydrogen (secondary N) is 1. The lowest BCUT2D eigenvalue weighted by molar-refractivity contribution is -0.120. The van der Waals surface area contributed by atoms with Crippen molar-refractivity contribution in [3.05, 3.63) is 23.3 Å². The first-order valence-corrected chi connectivity index (χ1v) is 7.77. The van der Waals surface area contributed by atoms with Crippen molar-refractivity contribution >= 4 is 15.9 Å². The van der Waals surface area contributed by atoms with Gasteiger partial charge in [0.05, 0.1) is 11.5 Å². The number of nitrogens with two attached hydrogens (primary N) is 1. The number of primary sulfonamides is 1. The van der Waals surface area contributed by atoms with Gasteiger partial charge in [-0.2, -0.15) is 0 Å². The average molecular weight is 300 g/mol. The van der Waals surface area contributed by atoms with Crippen LogP contribution in [0.4, 0.5) is 0 Å². The van der Waals surface area contributed by atoms with Gasteiger partial charge in [0, 0.05) is 13.5 Å². The molecule has 7 heteroatoms. The molecule has 20 heavy (non-hydrogen) atoms. The van der Waals surface area contributed by atoms with E-state index in [2.05, 4.69) is 5.32 Å². The Hall–Kier alpha value is -1.60. The fraction of sp³-hybridized carbons (Fsp3) is 0.462. The number of hydrogen-bond acceptors (Lipinski definition) is 4. The molecule has 1 aromatic rings. The van der Waals surface area contributed by atoms with Crippen molar-refractivity contribution in [2.24, 2.45) is 5.14 Å². The van der Waals surface area contributed by atoms with Crippen LogP contribution in [0.25, 0.3) is 0 Å². The van der Waals surface area contributed by atoms with E-state index in [0.717, 1.165) is 0 Å². The van der Waals surface area contributed by atoms with Gasteiger partial charge in [-0.05, 0) is 43.5 Å². The maximum Gasteiger partial charge on any atom is 0.238 e. The molecule has 0 aliphatic rings. The average Bonchev–Trinajstić information content (AvgIpc) is 2.31. The van der Waals surface area contributed by atoms with Crippen molar-refractivity contribution in [2.45, 2.75) is 31.6 Å². The highest BCUT2D eigenvalue weighted by Gasteiger charge is 2.16. The topological polar surface area (TPSA) is 98.5 Å². The normalized spacial score (nSPS) is 11.2. The van der Waals surface area contributed by atoms with E-state index in [1.807, 2.05) is 0 Å². The number of sulfonamides is 1. The molecule has 6 nitrogen and oxygen atoms in total. The van der Waals surface area contributed by atoms with Gasteiger partial charge in [0.25, 0.3) is 0 Å². The van der Waals surface area contributed by atoms with E-state index in [-0.39, 0.29) is 10.8 Å². The zero-order valence-electron chi connectivity index (χ0n) is 11.9. The number of aryl methyl sites for hydroxylation is 2. The Labute approximate surface area is 119 Å². The van der Waals surface area contributed by atoms with Gasteiger partial charge >= 0.3 is 0 Å². The molecule has 1 amide bonds. The maximum atomic E-state index is 11.4. The molecule has 0 aliphatic heterocycles. The zero-order chi connectivity index (χ0) is 15.3. The van der Waals surface area contributed by atoms with Crippen LogP contribution in [0.15, 0.2) is 17.0 Å². The molecule has 0 unspecified atom stereocenters. The minimum atomic E-state index is -3.73. The minimum Gasteiger partial charge on any atom is -0.494 e. The summed E-state index contributed by atoms with van der Waals surface area (Å²) in [6.45, 7) is 3.73. The van der Waals surface area contributed by atoms with Crippen LogP contribution in [0.1, 0.15) is 24.0 Å². The summed E-state index contributed by atoms with van der Waals surface area (Å²) < 4.78 is 28.4. The number of rotatable bonds is 6. The van der Waals surface area contributed by atoms with Crippen LogP contribution in [0.5, 0.6) is 5.75 Å². The summed E-state index contributed by atoms with van der Waals surface area (Å²) in [4.78, 5) is 11.2. The number of carbonyl (C=O) groups excluding carboxylic acids is 1. The smallest absolute Gasteiger partial charge is 0.238 e. The number of carbonyl (C=O) groups is 1. The molecule has 0 saturated carbocycles. The highest BCUT2D eigenvalue weighted by molar-refractivity contribution is 7.89. The first-order chi connectivity index (χ1) is 9.25. The van der Waals surface area contributed by atoms with Gasteiger partial charge in [0.1, 0.15) is 5.75 Å². The molecule has 0 radical (unpaired) electrons. The fourth-order valence-electron chi connectivity index (χ4n) is 1.99. The van der Waals surface area contributed by atoms with Crippen molar-refractivity contribution < 1.29 is 17.9 Å². The zero-order valence-corrected chi connectivity index (χ0v) is 12.7. The Morgan fingerprint density at radius 3 is 2.30 bits per heavy atom. The molecule has 0 bridgehead atoms. The van der Waals surface area contributed by atoms with E-state index in [1.165, 1.54) is 0 Å². The van der Waals surface area contributed by atoms with E-state index >= 15 is 0 Å². The Morgan fingerprint density at radius 2 is 1.85 bits per heavy atom. The molecule has 112 valence electrons. The van der Waals surface area contributed by atoms with Crippen LogP contribution in [0.2, 0.25) is 0 Å². The molecule has 3 N–H and O–H groups in total. The van der Waals surface area contributed by atoms with Crippen LogP contribution < -0.4 is 15.2 Å². The quantitative estimate of drug-likeness (QED) is 0.761. The van der Waals surface area contributed by atoms with Crippen molar-refractivity contribution in [1.29, 1.82) is 0 Å². The SMILES string of the molecule is CNC(=O)CCCOc1cc(C)c(S(N)(=O)=O)c(C)c1. The first kappa shape index (κ1) is 16.5. The maximum absolute atomic E-state index is 11.4. The first-order valence-electron chi connectivity index (χ1n) is 6.23. The van der Waals surface area contributed by atoms with Crippen LogP contribution in [0, 0.1) is 13.8 Å². The molecule has 0 atom stereocenters. The van der Waals surface area contributed by atoms with Gasteiger partial charge in [-0.15, -0.1) is 0 Å². The van der Waals surface area contributed by atoms with Crippen LogP contribution in [-0.4, -0.2) is 28.0 Å². The Balaban J connectivity index is 2.73. The number of hydrogen-bond donors (Lipinski definition) is 2. The lowest BCUT2D eigenvalue weighted by Crippen LogP contribution is -2.18. The van der Waals surface area contributed by atoms with Crippen molar-refractivity contribution in [1.82, 2.24) is 5.32 Å². The highest BCUT2D eigenvalue weighted by atomic mass is 32.2. The van der Waals surface area contributed by atoms with Gasteiger partial charge in [-0.25, -0.2) is 13.6 Å². The van der Waals surface area contributed by atoms with Crippen LogP contribution >= 0.6 is 0 Å². The molecule has 0 heterocycles. The van der Waals surface area contributed by atoms with Crippen LogP contribution in [-0.2, 0) is 14.8 Å². The van der Waals surface area contributed by atoms with E-state index < -0.39 is 10.0 Å². The van der Waals surface area contributed by atoms with Gasteiger partial charge < -0.3 is 10.1 Å². The summed E-state index contributed by atoms with van der Waals surface area (Å²) in [5.41, 5.74) is 1.10. The molecule has 1 aromatic carbocycles. The molecule has 0 aromatic heterocycles. The third-order valence-electron chi connectivity index (χ3n) is 2.81. The highest BCUT2D eigenvalue weighted by Crippen LogP contribution is 2.24. The van der Waals surface area contributed by atoms with Gasteiger partial charge in [0.15, 0.2) is 0 Å². The predicted octanol–water partition coefficient (Wildman–Crippen LogP) is 0.856. The second kappa shape index (κ2) is 6.71.